The van der Waals surface area contributed by atoms with Gasteiger partial charge in [0.1, 0.15) is 5.60 Å². The molecule has 3 N–H and O–H groups in total. The smallest absolute Gasteiger partial charge is 0.417 e. The predicted molar refractivity (Wildman–Crippen MR) is 116 cm³/mol. The summed E-state index contributed by atoms with van der Waals surface area (Å²) in [6.07, 6.45) is -0.581. The van der Waals surface area contributed by atoms with Crippen molar-refractivity contribution in [1.29, 1.82) is 0 Å². The van der Waals surface area contributed by atoms with Crippen LogP contribution < -0.4 is 15.4 Å². The molecular weight excluding hydrogens is 475 g/mol. The third-order valence-corrected chi connectivity index (χ3v) is 5.97. The fourth-order valence-electron chi connectivity index (χ4n) is 3.99. The maximum Gasteiger partial charge on any atom is 0.417 e. The van der Waals surface area contributed by atoms with E-state index in [1.807, 2.05) is 0 Å². The van der Waals surface area contributed by atoms with Gasteiger partial charge in [-0.3, -0.25) is 9.59 Å². The van der Waals surface area contributed by atoms with Gasteiger partial charge in [0.15, 0.2) is 11.6 Å². The van der Waals surface area contributed by atoms with Gasteiger partial charge in [-0.15, -0.1) is 0 Å². The molecule has 1 aliphatic rings. The highest BCUT2D eigenvalue weighted by molar-refractivity contribution is 6.40. The Morgan fingerprint density at radius 2 is 1.80 bits per heavy atom. The standard InChI is InChI=1S/C23H21F5N4O3/c1-22(35-19-3-2-12(10-30-19)23(26,27)28)6-4-13(5-7-22)31-20(33)21(34)32-18-11-29-17-9-16(25)15(24)8-14(17)18/h2-3,8-11,13,29H,4-7H2,1H3,(H,31,33)(H,32,34). The third-order valence-electron chi connectivity index (χ3n) is 5.97. The maximum absolute atomic E-state index is 13.5. The first-order valence-corrected chi connectivity index (χ1v) is 10.7. The number of aromatic amines is 1. The second-order valence-electron chi connectivity index (χ2n) is 8.65. The number of anilines is 1. The van der Waals surface area contributed by atoms with Crippen molar-refractivity contribution in [1.82, 2.24) is 15.3 Å². The van der Waals surface area contributed by atoms with Crippen LogP contribution >= 0.6 is 0 Å². The van der Waals surface area contributed by atoms with Gasteiger partial charge < -0.3 is 20.4 Å². The molecule has 1 saturated carbocycles. The number of benzene rings is 1. The molecule has 1 aromatic carbocycles. The molecule has 4 rings (SSSR count). The molecule has 12 heteroatoms. The van der Waals surface area contributed by atoms with Crippen LogP contribution in [0.1, 0.15) is 38.2 Å². The van der Waals surface area contributed by atoms with E-state index in [0.717, 1.165) is 24.3 Å². The number of fused-ring (bicyclic) bond motifs is 1. The van der Waals surface area contributed by atoms with Crippen LogP contribution in [-0.4, -0.2) is 33.4 Å². The van der Waals surface area contributed by atoms with E-state index in [1.54, 1.807) is 6.92 Å². The van der Waals surface area contributed by atoms with Crippen LogP contribution in [0.25, 0.3) is 10.9 Å². The van der Waals surface area contributed by atoms with E-state index < -0.39 is 40.8 Å². The van der Waals surface area contributed by atoms with Gasteiger partial charge in [0, 0.05) is 36.0 Å². The summed E-state index contributed by atoms with van der Waals surface area (Å²) < 4.78 is 70.8. The summed E-state index contributed by atoms with van der Waals surface area (Å²) >= 11 is 0. The molecule has 35 heavy (non-hydrogen) atoms. The lowest BCUT2D eigenvalue weighted by molar-refractivity contribution is -0.137. The highest BCUT2D eigenvalue weighted by Gasteiger charge is 2.35. The fraction of sp³-hybridized carbons (Fsp3) is 0.348. The number of rotatable bonds is 4. The Bertz CT molecular complexity index is 1250. The zero-order chi connectivity index (χ0) is 25.4. The van der Waals surface area contributed by atoms with E-state index in [0.29, 0.717) is 31.9 Å². The number of pyridine rings is 1. The Hall–Kier alpha value is -3.70. The average Bonchev–Trinajstić information content (AvgIpc) is 3.16. The average molecular weight is 496 g/mol. The predicted octanol–water partition coefficient (Wildman–Crippen LogP) is 4.69. The van der Waals surface area contributed by atoms with Crippen molar-refractivity contribution < 1.29 is 36.3 Å². The van der Waals surface area contributed by atoms with E-state index in [1.165, 1.54) is 6.20 Å². The molecule has 1 aliphatic carbocycles. The van der Waals surface area contributed by atoms with Gasteiger partial charge in [0.2, 0.25) is 5.88 Å². The van der Waals surface area contributed by atoms with Crippen LogP contribution in [0.2, 0.25) is 0 Å². The largest absolute Gasteiger partial charge is 0.471 e. The molecule has 186 valence electrons. The number of hydrogen-bond acceptors (Lipinski definition) is 4. The minimum atomic E-state index is -4.49. The molecule has 0 spiro atoms. The molecule has 7 nitrogen and oxygen atoms in total. The highest BCUT2D eigenvalue weighted by Crippen LogP contribution is 2.34. The number of alkyl halides is 3. The Morgan fingerprint density at radius 3 is 2.43 bits per heavy atom. The van der Waals surface area contributed by atoms with Crippen molar-refractivity contribution in [2.45, 2.75) is 50.4 Å². The normalized spacial score (nSPS) is 20.5. The van der Waals surface area contributed by atoms with Crippen molar-refractivity contribution in [2.75, 3.05) is 5.32 Å². The molecule has 0 radical (unpaired) electrons. The summed E-state index contributed by atoms with van der Waals surface area (Å²) in [4.78, 5) is 31.1. The number of aromatic nitrogens is 2. The summed E-state index contributed by atoms with van der Waals surface area (Å²) in [6.45, 7) is 1.80. The number of amides is 2. The van der Waals surface area contributed by atoms with Gasteiger partial charge in [-0.05, 0) is 44.7 Å². The molecule has 0 aliphatic heterocycles. The zero-order valence-corrected chi connectivity index (χ0v) is 18.4. The minimum Gasteiger partial charge on any atom is -0.471 e. The van der Waals surface area contributed by atoms with E-state index in [2.05, 4.69) is 20.6 Å². The summed E-state index contributed by atoms with van der Waals surface area (Å²) in [7, 11) is 0. The van der Waals surface area contributed by atoms with Crippen LogP contribution in [0, 0.1) is 11.6 Å². The van der Waals surface area contributed by atoms with Gasteiger partial charge in [-0.25, -0.2) is 13.8 Å². The number of ether oxygens (including phenoxy) is 1. The van der Waals surface area contributed by atoms with E-state index in [-0.39, 0.29) is 28.5 Å². The second-order valence-corrected chi connectivity index (χ2v) is 8.65. The van der Waals surface area contributed by atoms with Crippen LogP contribution in [-0.2, 0) is 15.8 Å². The summed E-state index contributed by atoms with van der Waals surface area (Å²) in [5, 5.41) is 5.23. The molecule has 2 heterocycles. The Balaban J connectivity index is 1.30. The van der Waals surface area contributed by atoms with Crippen LogP contribution in [0.3, 0.4) is 0 Å². The zero-order valence-electron chi connectivity index (χ0n) is 18.4. The quantitative estimate of drug-likeness (QED) is 0.361. The van der Waals surface area contributed by atoms with Crippen LogP contribution in [0.5, 0.6) is 5.88 Å². The van der Waals surface area contributed by atoms with Crippen LogP contribution in [0.4, 0.5) is 27.6 Å². The van der Waals surface area contributed by atoms with E-state index >= 15 is 0 Å². The lowest BCUT2D eigenvalue weighted by atomic mass is 9.83. The van der Waals surface area contributed by atoms with Gasteiger partial charge in [0.25, 0.3) is 0 Å². The molecule has 0 saturated heterocycles. The number of carbonyl (C=O) groups is 2. The van der Waals surface area contributed by atoms with Crippen molar-refractivity contribution in [3.8, 4) is 5.88 Å². The van der Waals surface area contributed by atoms with Gasteiger partial charge in [-0.2, -0.15) is 13.2 Å². The lowest BCUT2D eigenvalue weighted by Gasteiger charge is -2.37. The Kier molecular flexibility index (Phi) is 6.39. The molecule has 3 aromatic rings. The fourth-order valence-corrected chi connectivity index (χ4v) is 3.99. The van der Waals surface area contributed by atoms with Crippen molar-refractivity contribution in [3.05, 3.63) is 53.9 Å². The van der Waals surface area contributed by atoms with Gasteiger partial charge >= 0.3 is 18.0 Å². The summed E-state index contributed by atoms with van der Waals surface area (Å²) in [5.41, 5.74) is -1.18. The summed E-state index contributed by atoms with van der Waals surface area (Å²) in [6, 6.07) is 3.61. The van der Waals surface area contributed by atoms with Gasteiger partial charge in [-0.1, -0.05) is 0 Å². The molecule has 0 bridgehead atoms. The molecule has 0 atom stereocenters. The topological polar surface area (TPSA) is 96.1 Å². The number of H-pyrrole nitrogens is 1. The van der Waals surface area contributed by atoms with Crippen molar-refractivity contribution in [3.63, 3.8) is 0 Å². The van der Waals surface area contributed by atoms with E-state index in [9.17, 15) is 31.5 Å². The first-order chi connectivity index (χ1) is 16.4. The number of carbonyl (C=O) groups excluding carboxylic acids is 2. The Morgan fingerprint density at radius 1 is 1.11 bits per heavy atom. The van der Waals surface area contributed by atoms with E-state index in [4.69, 9.17) is 4.74 Å². The molecule has 2 amide bonds. The van der Waals surface area contributed by atoms with Gasteiger partial charge in [0.05, 0.1) is 16.8 Å². The highest BCUT2D eigenvalue weighted by atomic mass is 19.4. The molecule has 0 unspecified atom stereocenters. The molecular formula is C23H21F5N4O3. The van der Waals surface area contributed by atoms with Crippen LogP contribution in [0.15, 0.2) is 36.7 Å². The molecule has 1 fully saturated rings. The number of nitrogens with one attached hydrogen (secondary N) is 3. The van der Waals surface area contributed by atoms with Crippen molar-refractivity contribution in [2.24, 2.45) is 0 Å². The number of hydrogen-bond donors (Lipinski definition) is 3. The summed E-state index contributed by atoms with van der Waals surface area (Å²) in [5.74, 6) is -3.92. The monoisotopic (exact) mass is 496 g/mol. The molecule has 2 aromatic heterocycles. The minimum absolute atomic E-state index is 0.0670. The Labute approximate surface area is 196 Å². The van der Waals surface area contributed by atoms with Crippen molar-refractivity contribution >= 4 is 28.4 Å². The first kappa shape index (κ1) is 24.4. The maximum atomic E-state index is 13.5. The number of nitrogens with zero attached hydrogens (tertiary/aromatic N) is 1. The third kappa shape index (κ3) is 5.52. The second kappa shape index (κ2) is 9.16. The lowest BCUT2D eigenvalue weighted by Crippen LogP contribution is -2.47. The number of halogens is 5. The first-order valence-electron chi connectivity index (χ1n) is 10.7. The SMILES string of the molecule is CC1(Oc2ccc(C(F)(F)F)cn2)CCC(NC(=O)C(=O)Nc2c[nH]c3cc(F)c(F)cc23)CC1.